The summed E-state index contributed by atoms with van der Waals surface area (Å²) in [5.74, 6) is 1.87. The smallest absolute Gasteiger partial charge is 0.123 e. The zero-order valence-electron chi connectivity index (χ0n) is 12.1. The van der Waals surface area contributed by atoms with E-state index in [-0.39, 0.29) is 6.04 Å². The number of nitrogens with one attached hydrogen (secondary N) is 1. The Kier molecular flexibility index (Phi) is 5.04. The van der Waals surface area contributed by atoms with Crippen LogP contribution in [-0.2, 0) is 13.5 Å². The molecule has 0 spiro atoms. The third-order valence-electron chi connectivity index (χ3n) is 3.33. The SMILES string of the molecule is CCNC(Cc1nccn1C)c1cc(Cl)ccc1OC. The molecular formula is C15H20ClN3O. The molecule has 0 fully saturated rings. The Labute approximate surface area is 124 Å². The van der Waals surface area contributed by atoms with Gasteiger partial charge in [0.1, 0.15) is 11.6 Å². The summed E-state index contributed by atoms with van der Waals surface area (Å²) >= 11 is 6.13. The average molecular weight is 294 g/mol. The van der Waals surface area contributed by atoms with Gasteiger partial charge in [-0.1, -0.05) is 18.5 Å². The topological polar surface area (TPSA) is 39.1 Å². The van der Waals surface area contributed by atoms with Crippen LogP contribution < -0.4 is 10.1 Å². The van der Waals surface area contributed by atoms with E-state index in [0.717, 1.165) is 30.1 Å². The summed E-state index contributed by atoms with van der Waals surface area (Å²) in [6.07, 6.45) is 4.55. The van der Waals surface area contributed by atoms with Crippen LogP contribution in [0.1, 0.15) is 24.4 Å². The van der Waals surface area contributed by atoms with E-state index in [0.29, 0.717) is 5.02 Å². The first kappa shape index (κ1) is 14.9. The van der Waals surface area contributed by atoms with E-state index in [9.17, 15) is 0 Å². The van der Waals surface area contributed by atoms with E-state index in [2.05, 4.69) is 17.2 Å². The first-order chi connectivity index (χ1) is 9.65. The Balaban J connectivity index is 2.33. The third kappa shape index (κ3) is 3.32. The third-order valence-corrected chi connectivity index (χ3v) is 3.56. The lowest BCUT2D eigenvalue weighted by atomic mass is 10.0. The van der Waals surface area contributed by atoms with Gasteiger partial charge in [0.05, 0.1) is 7.11 Å². The molecule has 0 bridgehead atoms. The number of imidazole rings is 1. The predicted octanol–water partition coefficient (Wildman–Crippen LogP) is 2.98. The number of benzene rings is 1. The minimum absolute atomic E-state index is 0.120. The Morgan fingerprint density at radius 2 is 2.25 bits per heavy atom. The van der Waals surface area contributed by atoms with Crippen LogP contribution in [0.5, 0.6) is 5.75 Å². The molecule has 0 aliphatic carbocycles. The normalized spacial score (nSPS) is 12.4. The van der Waals surface area contributed by atoms with Crippen molar-refractivity contribution in [2.75, 3.05) is 13.7 Å². The number of nitrogens with zero attached hydrogens (tertiary/aromatic N) is 2. The highest BCUT2D eigenvalue weighted by Gasteiger charge is 2.18. The van der Waals surface area contributed by atoms with Crippen LogP contribution in [0.3, 0.4) is 0 Å². The van der Waals surface area contributed by atoms with E-state index >= 15 is 0 Å². The number of methoxy groups -OCH3 is 1. The number of aryl methyl sites for hydroxylation is 1. The number of hydrogen-bond donors (Lipinski definition) is 1. The van der Waals surface area contributed by atoms with Crippen molar-refractivity contribution in [3.05, 3.63) is 47.0 Å². The molecule has 1 heterocycles. The molecule has 2 aromatic rings. The molecule has 5 heteroatoms. The van der Waals surface area contributed by atoms with Crippen LogP contribution in [-0.4, -0.2) is 23.2 Å². The van der Waals surface area contributed by atoms with Crippen molar-refractivity contribution in [1.82, 2.24) is 14.9 Å². The predicted molar refractivity (Wildman–Crippen MR) is 81.3 cm³/mol. The van der Waals surface area contributed by atoms with Crippen molar-refractivity contribution in [3.63, 3.8) is 0 Å². The molecule has 0 radical (unpaired) electrons. The fourth-order valence-electron chi connectivity index (χ4n) is 2.29. The molecule has 1 aromatic carbocycles. The molecule has 108 valence electrons. The Hall–Kier alpha value is -1.52. The molecule has 1 N–H and O–H groups in total. The lowest BCUT2D eigenvalue weighted by Gasteiger charge is -2.21. The summed E-state index contributed by atoms with van der Waals surface area (Å²) < 4.78 is 7.48. The van der Waals surface area contributed by atoms with Crippen molar-refractivity contribution in [2.24, 2.45) is 7.05 Å². The Morgan fingerprint density at radius 1 is 1.45 bits per heavy atom. The fraction of sp³-hybridized carbons (Fsp3) is 0.400. The van der Waals surface area contributed by atoms with Gasteiger partial charge in [0.25, 0.3) is 0 Å². The van der Waals surface area contributed by atoms with Crippen LogP contribution in [0.2, 0.25) is 5.02 Å². The van der Waals surface area contributed by atoms with Gasteiger partial charge in [-0.15, -0.1) is 0 Å². The van der Waals surface area contributed by atoms with Gasteiger partial charge in [-0.2, -0.15) is 0 Å². The van der Waals surface area contributed by atoms with E-state index in [1.54, 1.807) is 7.11 Å². The second-order valence-corrected chi connectivity index (χ2v) is 5.09. The molecule has 4 nitrogen and oxygen atoms in total. The highest BCUT2D eigenvalue weighted by molar-refractivity contribution is 6.30. The molecule has 0 aliphatic heterocycles. The summed E-state index contributed by atoms with van der Waals surface area (Å²) in [4.78, 5) is 4.39. The molecule has 1 aromatic heterocycles. The molecular weight excluding hydrogens is 274 g/mol. The van der Waals surface area contributed by atoms with E-state index in [1.165, 1.54) is 0 Å². The lowest BCUT2D eigenvalue weighted by Crippen LogP contribution is -2.24. The molecule has 0 saturated heterocycles. The summed E-state index contributed by atoms with van der Waals surface area (Å²) in [7, 11) is 3.68. The average Bonchev–Trinajstić information content (AvgIpc) is 2.84. The maximum atomic E-state index is 6.13. The molecule has 0 amide bonds. The highest BCUT2D eigenvalue weighted by atomic mass is 35.5. The van der Waals surface area contributed by atoms with Gasteiger partial charge in [-0.25, -0.2) is 4.98 Å². The number of likely N-dealkylation sites (N-methyl/N-ethyl adjacent to an activating group) is 1. The van der Waals surface area contributed by atoms with Crippen molar-refractivity contribution in [1.29, 1.82) is 0 Å². The van der Waals surface area contributed by atoms with Gasteiger partial charge in [-0.3, -0.25) is 0 Å². The molecule has 0 saturated carbocycles. The molecule has 0 aliphatic rings. The molecule has 1 atom stereocenters. The summed E-state index contributed by atoms with van der Waals surface area (Å²) in [5, 5.41) is 4.19. The zero-order valence-corrected chi connectivity index (χ0v) is 12.8. The summed E-state index contributed by atoms with van der Waals surface area (Å²) in [5.41, 5.74) is 1.06. The van der Waals surface area contributed by atoms with Gasteiger partial charge in [-0.05, 0) is 24.7 Å². The molecule has 1 unspecified atom stereocenters. The second kappa shape index (κ2) is 6.77. The van der Waals surface area contributed by atoms with Gasteiger partial charge >= 0.3 is 0 Å². The largest absolute Gasteiger partial charge is 0.496 e. The monoisotopic (exact) mass is 293 g/mol. The van der Waals surface area contributed by atoms with E-state index in [1.807, 2.05) is 42.2 Å². The number of hydrogen-bond acceptors (Lipinski definition) is 3. The first-order valence-corrected chi connectivity index (χ1v) is 7.06. The van der Waals surface area contributed by atoms with Crippen LogP contribution in [0.15, 0.2) is 30.6 Å². The van der Waals surface area contributed by atoms with Crippen LogP contribution in [0.4, 0.5) is 0 Å². The van der Waals surface area contributed by atoms with E-state index in [4.69, 9.17) is 16.3 Å². The van der Waals surface area contributed by atoms with Gasteiger partial charge < -0.3 is 14.6 Å². The van der Waals surface area contributed by atoms with Crippen molar-refractivity contribution in [2.45, 2.75) is 19.4 Å². The van der Waals surface area contributed by atoms with Crippen LogP contribution >= 0.6 is 11.6 Å². The standard InChI is InChI=1S/C15H20ClN3O/c1-4-17-13(10-15-18-7-8-19(15)2)12-9-11(16)5-6-14(12)20-3/h5-9,13,17H,4,10H2,1-3H3. The Morgan fingerprint density at radius 3 is 2.85 bits per heavy atom. The quantitative estimate of drug-likeness (QED) is 0.890. The second-order valence-electron chi connectivity index (χ2n) is 4.66. The molecule has 20 heavy (non-hydrogen) atoms. The maximum absolute atomic E-state index is 6.13. The van der Waals surface area contributed by atoms with Gasteiger partial charge in [0.15, 0.2) is 0 Å². The number of ether oxygens (including phenoxy) is 1. The van der Waals surface area contributed by atoms with Crippen molar-refractivity contribution in [3.8, 4) is 5.75 Å². The first-order valence-electron chi connectivity index (χ1n) is 6.68. The van der Waals surface area contributed by atoms with Gasteiger partial charge in [0, 0.05) is 42.5 Å². The zero-order chi connectivity index (χ0) is 14.5. The van der Waals surface area contributed by atoms with Crippen LogP contribution in [0, 0.1) is 0 Å². The van der Waals surface area contributed by atoms with Crippen LogP contribution in [0.25, 0.3) is 0 Å². The summed E-state index contributed by atoms with van der Waals surface area (Å²) in [6.45, 7) is 2.95. The van der Waals surface area contributed by atoms with E-state index < -0.39 is 0 Å². The van der Waals surface area contributed by atoms with Crippen molar-refractivity contribution < 1.29 is 4.74 Å². The molecule has 2 rings (SSSR count). The lowest BCUT2D eigenvalue weighted by molar-refractivity contribution is 0.398. The minimum atomic E-state index is 0.120. The van der Waals surface area contributed by atoms with Crippen molar-refractivity contribution >= 4 is 11.6 Å². The fourth-order valence-corrected chi connectivity index (χ4v) is 2.47. The Bertz CT molecular complexity index is 568. The number of halogens is 1. The maximum Gasteiger partial charge on any atom is 0.123 e. The minimum Gasteiger partial charge on any atom is -0.496 e. The number of rotatable bonds is 6. The van der Waals surface area contributed by atoms with Gasteiger partial charge in [0.2, 0.25) is 0 Å². The number of aromatic nitrogens is 2. The summed E-state index contributed by atoms with van der Waals surface area (Å²) in [6, 6.07) is 5.82. The highest BCUT2D eigenvalue weighted by Crippen LogP contribution is 2.30.